The standard InChI is InChI=1S/C21H21F4N2O4S/c1-30-19-4-2-3-18(22)20(19)31-17-7-5-16(6-8-17)27(11-9-15(13-26)10-12-27)32(28,29)14-21(23,24)25/h2-11H,12-14,26H2,1H3/q+1. The molecule has 1 aliphatic rings. The van der Waals surface area contributed by atoms with Crippen molar-refractivity contribution in [3.8, 4) is 17.2 Å². The van der Waals surface area contributed by atoms with Gasteiger partial charge in [-0.2, -0.15) is 25.5 Å². The van der Waals surface area contributed by atoms with Crippen molar-refractivity contribution in [1.82, 2.24) is 3.89 Å². The molecule has 1 aliphatic heterocycles. The number of methoxy groups -OCH3 is 1. The monoisotopic (exact) mass is 473 g/mol. The van der Waals surface area contributed by atoms with Crippen LogP contribution in [0.4, 0.5) is 23.2 Å². The SMILES string of the molecule is COc1cccc(F)c1Oc1ccc([N+]2(S(=O)(=O)CC(F)(F)F)C=CC(CN)=CC2)cc1. The van der Waals surface area contributed by atoms with Crippen molar-refractivity contribution in [3.63, 3.8) is 0 Å². The smallest absolute Gasteiger partial charge is 0.408 e. The number of sulfonamides is 1. The minimum absolute atomic E-state index is 0.0608. The third kappa shape index (κ3) is 4.79. The summed E-state index contributed by atoms with van der Waals surface area (Å²) >= 11 is 0. The third-order valence-electron chi connectivity index (χ3n) is 4.88. The molecule has 6 nitrogen and oxygen atoms in total. The Labute approximate surface area is 182 Å². The zero-order valence-corrected chi connectivity index (χ0v) is 17.8. The molecule has 2 aromatic rings. The fourth-order valence-electron chi connectivity index (χ4n) is 3.26. The van der Waals surface area contributed by atoms with E-state index >= 15 is 0 Å². The zero-order chi connectivity index (χ0) is 23.6. The summed E-state index contributed by atoms with van der Waals surface area (Å²) < 4.78 is 88.5. The summed E-state index contributed by atoms with van der Waals surface area (Å²) in [6, 6.07) is 9.45. The number of hydrogen-bond donors (Lipinski definition) is 1. The van der Waals surface area contributed by atoms with Crippen LogP contribution < -0.4 is 19.1 Å². The van der Waals surface area contributed by atoms with Crippen LogP contribution in [0.15, 0.2) is 66.4 Å². The van der Waals surface area contributed by atoms with Crippen molar-refractivity contribution in [2.45, 2.75) is 6.18 Å². The van der Waals surface area contributed by atoms with Gasteiger partial charge in [0, 0.05) is 18.7 Å². The average molecular weight is 473 g/mol. The third-order valence-corrected chi connectivity index (χ3v) is 7.04. The van der Waals surface area contributed by atoms with Gasteiger partial charge in [-0.25, -0.2) is 4.39 Å². The lowest BCUT2D eigenvalue weighted by Gasteiger charge is -2.34. The number of para-hydroxylation sites is 1. The highest BCUT2D eigenvalue weighted by Gasteiger charge is 2.49. The highest BCUT2D eigenvalue weighted by atomic mass is 32.2. The van der Waals surface area contributed by atoms with Gasteiger partial charge in [-0.3, -0.25) is 0 Å². The lowest BCUT2D eigenvalue weighted by atomic mass is 10.1. The number of ether oxygens (including phenoxy) is 2. The largest absolute Gasteiger partial charge is 0.493 e. The minimum atomic E-state index is -4.92. The number of rotatable bonds is 7. The summed E-state index contributed by atoms with van der Waals surface area (Å²) in [5, 5.41) is 0. The molecule has 0 aliphatic carbocycles. The van der Waals surface area contributed by atoms with Crippen molar-refractivity contribution in [2.24, 2.45) is 5.73 Å². The fraction of sp³-hybridized carbons (Fsp3) is 0.238. The summed E-state index contributed by atoms with van der Waals surface area (Å²) in [6.45, 7) is -0.143. The lowest BCUT2D eigenvalue weighted by molar-refractivity contribution is -0.106. The normalized spacial score (nSPS) is 18.9. The molecule has 1 atom stereocenters. The van der Waals surface area contributed by atoms with Crippen LogP contribution in [0, 0.1) is 5.82 Å². The van der Waals surface area contributed by atoms with Crippen molar-refractivity contribution in [1.29, 1.82) is 0 Å². The van der Waals surface area contributed by atoms with Gasteiger partial charge in [0.1, 0.15) is 18.5 Å². The molecule has 32 heavy (non-hydrogen) atoms. The molecule has 0 saturated heterocycles. The van der Waals surface area contributed by atoms with Crippen LogP contribution in [0.1, 0.15) is 0 Å². The lowest BCUT2D eigenvalue weighted by Crippen LogP contribution is -2.53. The second kappa shape index (κ2) is 8.93. The number of nitrogens with two attached hydrogens (primary N) is 1. The molecule has 0 spiro atoms. The van der Waals surface area contributed by atoms with E-state index in [1.54, 1.807) is 0 Å². The molecule has 1 unspecified atom stereocenters. The number of benzene rings is 2. The Balaban J connectivity index is 1.99. The summed E-state index contributed by atoms with van der Waals surface area (Å²) in [5.74, 6) is -2.57. The molecule has 11 heteroatoms. The van der Waals surface area contributed by atoms with E-state index in [4.69, 9.17) is 15.2 Å². The maximum atomic E-state index is 14.1. The highest BCUT2D eigenvalue weighted by Crippen LogP contribution is 2.38. The van der Waals surface area contributed by atoms with E-state index in [2.05, 4.69) is 0 Å². The summed E-state index contributed by atoms with van der Waals surface area (Å²) in [5.41, 5.74) is 6.22. The molecule has 0 saturated carbocycles. The first kappa shape index (κ1) is 23.8. The summed E-state index contributed by atoms with van der Waals surface area (Å²) in [6.07, 6.45) is -0.853. The van der Waals surface area contributed by atoms with Crippen LogP contribution in [-0.2, 0) is 10.0 Å². The molecule has 2 aromatic carbocycles. The van der Waals surface area contributed by atoms with E-state index in [1.807, 2.05) is 0 Å². The molecular weight excluding hydrogens is 452 g/mol. The molecule has 0 amide bonds. The zero-order valence-electron chi connectivity index (χ0n) is 17.0. The maximum Gasteiger partial charge on any atom is 0.408 e. The van der Waals surface area contributed by atoms with Crippen molar-refractivity contribution in [2.75, 3.05) is 26.0 Å². The molecule has 0 aromatic heterocycles. The molecule has 172 valence electrons. The Morgan fingerprint density at radius 3 is 2.34 bits per heavy atom. The Morgan fingerprint density at radius 2 is 1.81 bits per heavy atom. The van der Waals surface area contributed by atoms with Crippen LogP contribution in [-0.4, -0.2) is 40.5 Å². The maximum absolute atomic E-state index is 14.1. The van der Waals surface area contributed by atoms with Gasteiger partial charge in [-0.1, -0.05) is 6.07 Å². The number of halogens is 4. The molecule has 1 heterocycles. The minimum Gasteiger partial charge on any atom is -0.493 e. The van der Waals surface area contributed by atoms with E-state index in [-0.39, 0.29) is 36.0 Å². The molecular formula is C21H21F4N2O4S+. The predicted octanol–water partition coefficient (Wildman–Crippen LogP) is 4.24. The average Bonchev–Trinajstić information content (AvgIpc) is 2.74. The topological polar surface area (TPSA) is 78.6 Å². The van der Waals surface area contributed by atoms with Gasteiger partial charge in [0.2, 0.25) is 5.75 Å². The van der Waals surface area contributed by atoms with Crippen LogP contribution in [0.3, 0.4) is 0 Å². The molecule has 0 bridgehead atoms. The van der Waals surface area contributed by atoms with Gasteiger partial charge in [0.25, 0.3) is 0 Å². The van der Waals surface area contributed by atoms with Crippen LogP contribution in [0.2, 0.25) is 0 Å². The van der Waals surface area contributed by atoms with Crippen LogP contribution in [0.25, 0.3) is 0 Å². The second-order valence-corrected chi connectivity index (χ2v) is 9.09. The van der Waals surface area contributed by atoms with E-state index in [0.717, 1.165) is 0 Å². The van der Waals surface area contributed by atoms with Crippen molar-refractivity contribution < 1.29 is 35.5 Å². The van der Waals surface area contributed by atoms with Crippen LogP contribution in [0.5, 0.6) is 17.2 Å². The number of alkyl halides is 3. The first-order valence-corrected chi connectivity index (χ1v) is 11.0. The van der Waals surface area contributed by atoms with Gasteiger partial charge >= 0.3 is 16.2 Å². The van der Waals surface area contributed by atoms with Crippen molar-refractivity contribution >= 4 is 15.7 Å². The summed E-state index contributed by atoms with van der Waals surface area (Å²) in [4.78, 5) is 0. The van der Waals surface area contributed by atoms with Crippen LogP contribution >= 0.6 is 0 Å². The Bertz CT molecular complexity index is 1150. The first-order chi connectivity index (χ1) is 15.0. The van der Waals surface area contributed by atoms with Gasteiger partial charge < -0.3 is 15.2 Å². The van der Waals surface area contributed by atoms with Gasteiger partial charge in [0.15, 0.2) is 23.0 Å². The van der Waals surface area contributed by atoms with Gasteiger partial charge in [0.05, 0.1) is 7.11 Å². The molecule has 0 radical (unpaired) electrons. The Hall–Kier alpha value is -2.89. The number of hydrogen-bond acceptors (Lipinski definition) is 5. The molecule has 0 fully saturated rings. The number of quaternary nitrogens is 1. The second-order valence-electron chi connectivity index (χ2n) is 6.99. The van der Waals surface area contributed by atoms with Crippen molar-refractivity contribution in [3.05, 3.63) is 72.2 Å². The quantitative estimate of drug-likeness (QED) is 0.481. The Morgan fingerprint density at radius 1 is 1.12 bits per heavy atom. The molecule has 3 rings (SSSR count). The van der Waals surface area contributed by atoms with E-state index in [1.165, 1.54) is 67.9 Å². The fourth-order valence-corrected chi connectivity index (χ4v) is 4.90. The van der Waals surface area contributed by atoms with E-state index in [0.29, 0.717) is 5.57 Å². The highest BCUT2D eigenvalue weighted by molar-refractivity contribution is 7.91. The van der Waals surface area contributed by atoms with Gasteiger partial charge in [-0.15, -0.1) is 0 Å². The van der Waals surface area contributed by atoms with E-state index < -0.39 is 31.7 Å². The predicted molar refractivity (Wildman–Crippen MR) is 112 cm³/mol. The number of nitrogens with zero attached hydrogens (tertiary/aromatic N) is 1. The van der Waals surface area contributed by atoms with Gasteiger partial charge in [-0.05, 0) is 42.0 Å². The Kier molecular flexibility index (Phi) is 6.63. The summed E-state index contributed by atoms with van der Waals surface area (Å²) in [7, 11) is -3.41. The first-order valence-electron chi connectivity index (χ1n) is 9.38. The molecule has 2 N–H and O–H groups in total. The van der Waals surface area contributed by atoms with E-state index in [9.17, 15) is 26.0 Å².